The lowest BCUT2D eigenvalue weighted by Crippen LogP contribution is -2.05. The molecule has 0 saturated heterocycles. The topological polar surface area (TPSA) is 79.9 Å². The second-order valence-corrected chi connectivity index (χ2v) is 6.29. The van der Waals surface area contributed by atoms with E-state index in [1.807, 2.05) is 31.2 Å². The minimum absolute atomic E-state index is 0.0944. The Kier molecular flexibility index (Phi) is 4.71. The number of aromatic amines is 1. The summed E-state index contributed by atoms with van der Waals surface area (Å²) in [5, 5.41) is 3.58. The number of amides is 1. The molecule has 124 valence electrons. The van der Waals surface area contributed by atoms with Crippen LogP contribution in [-0.4, -0.2) is 28.0 Å². The van der Waals surface area contributed by atoms with Gasteiger partial charge in [0.2, 0.25) is 5.91 Å². The number of hydrogen-bond donors (Lipinski definition) is 2. The van der Waals surface area contributed by atoms with Crippen LogP contribution in [0.25, 0.3) is 11.0 Å². The largest absolute Gasteiger partial charge is 0.496 e. The Morgan fingerprint density at radius 2 is 2.21 bits per heavy atom. The highest BCUT2D eigenvalue weighted by molar-refractivity contribution is 7.98. The standard InChI is InChI=1S/C17H18N4O2S/c1-10-15(18-7-6-16(10)23-3)9-24-17-20-13-5-4-12(19-11(2)22)8-14(13)21-17/h4-8H,9H2,1-3H3,(H,19,22)(H,20,21). The number of fused-ring (bicyclic) bond motifs is 1. The predicted molar refractivity (Wildman–Crippen MR) is 95.5 cm³/mol. The zero-order valence-electron chi connectivity index (χ0n) is 13.7. The molecule has 24 heavy (non-hydrogen) atoms. The van der Waals surface area contributed by atoms with Gasteiger partial charge in [0, 0.05) is 30.1 Å². The number of benzene rings is 1. The Balaban J connectivity index is 1.77. The zero-order chi connectivity index (χ0) is 17.1. The monoisotopic (exact) mass is 342 g/mol. The van der Waals surface area contributed by atoms with E-state index < -0.39 is 0 Å². The van der Waals surface area contributed by atoms with Crippen LogP contribution in [0.5, 0.6) is 5.75 Å². The number of H-pyrrole nitrogens is 1. The summed E-state index contributed by atoms with van der Waals surface area (Å²) in [6.45, 7) is 3.49. The van der Waals surface area contributed by atoms with Crippen molar-refractivity contribution in [1.82, 2.24) is 15.0 Å². The number of nitrogens with zero attached hydrogens (tertiary/aromatic N) is 2. The number of carbonyl (C=O) groups excluding carboxylic acids is 1. The molecule has 3 rings (SSSR count). The summed E-state index contributed by atoms with van der Waals surface area (Å²) in [5.41, 5.74) is 4.51. The predicted octanol–water partition coefficient (Wildman–Crippen LogP) is 3.53. The number of pyridine rings is 1. The molecule has 3 aromatic rings. The Labute approximate surface area is 144 Å². The Hall–Kier alpha value is -2.54. The van der Waals surface area contributed by atoms with E-state index in [9.17, 15) is 4.79 Å². The molecule has 7 heteroatoms. The van der Waals surface area contributed by atoms with Crippen molar-refractivity contribution in [2.75, 3.05) is 12.4 Å². The van der Waals surface area contributed by atoms with Crippen LogP contribution >= 0.6 is 11.8 Å². The first kappa shape index (κ1) is 16.3. The van der Waals surface area contributed by atoms with Crippen molar-refractivity contribution in [3.8, 4) is 5.75 Å². The molecule has 0 radical (unpaired) electrons. The van der Waals surface area contributed by atoms with Gasteiger partial charge in [-0.2, -0.15) is 0 Å². The third-order valence-electron chi connectivity index (χ3n) is 3.60. The molecule has 6 nitrogen and oxygen atoms in total. The maximum Gasteiger partial charge on any atom is 0.221 e. The van der Waals surface area contributed by atoms with Gasteiger partial charge in [0.05, 0.1) is 23.8 Å². The van der Waals surface area contributed by atoms with Gasteiger partial charge in [-0.1, -0.05) is 11.8 Å². The molecular formula is C17H18N4O2S. The van der Waals surface area contributed by atoms with E-state index in [1.54, 1.807) is 25.1 Å². The SMILES string of the molecule is COc1ccnc(CSc2nc3ccc(NC(C)=O)cc3[nH]2)c1C. The van der Waals surface area contributed by atoms with Gasteiger partial charge in [0.15, 0.2) is 5.16 Å². The fourth-order valence-corrected chi connectivity index (χ4v) is 3.31. The fraction of sp³-hybridized carbons (Fsp3) is 0.235. The average molecular weight is 342 g/mol. The molecule has 2 aromatic heterocycles. The quantitative estimate of drug-likeness (QED) is 0.694. The smallest absolute Gasteiger partial charge is 0.221 e. The molecule has 0 aliphatic carbocycles. The molecule has 0 atom stereocenters. The van der Waals surface area contributed by atoms with Crippen molar-refractivity contribution >= 4 is 34.4 Å². The van der Waals surface area contributed by atoms with Crippen LogP contribution in [0.15, 0.2) is 35.6 Å². The van der Waals surface area contributed by atoms with Gasteiger partial charge in [-0.05, 0) is 31.2 Å². The molecule has 0 aliphatic heterocycles. The molecule has 2 heterocycles. The van der Waals surface area contributed by atoms with Gasteiger partial charge < -0.3 is 15.0 Å². The number of thioether (sulfide) groups is 1. The van der Waals surface area contributed by atoms with Crippen molar-refractivity contribution in [1.29, 1.82) is 0 Å². The Bertz CT molecular complexity index is 891. The maximum absolute atomic E-state index is 11.1. The summed E-state index contributed by atoms with van der Waals surface area (Å²) >= 11 is 1.58. The van der Waals surface area contributed by atoms with Crippen LogP contribution < -0.4 is 10.1 Å². The Morgan fingerprint density at radius 1 is 1.38 bits per heavy atom. The van der Waals surface area contributed by atoms with Crippen LogP contribution in [0.3, 0.4) is 0 Å². The van der Waals surface area contributed by atoms with Crippen molar-refractivity contribution < 1.29 is 9.53 Å². The van der Waals surface area contributed by atoms with Gasteiger partial charge in [0.1, 0.15) is 5.75 Å². The van der Waals surface area contributed by atoms with Crippen molar-refractivity contribution in [2.24, 2.45) is 0 Å². The highest BCUT2D eigenvalue weighted by Crippen LogP contribution is 2.27. The van der Waals surface area contributed by atoms with E-state index >= 15 is 0 Å². The second-order valence-electron chi connectivity index (χ2n) is 5.33. The van der Waals surface area contributed by atoms with E-state index in [-0.39, 0.29) is 5.91 Å². The van der Waals surface area contributed by atoms with Gasteiger partial charge in [-0.15, -0.1) is 0 Å². The minimum Gasteiger partial charge on any atom is -0.496 e. The number of imidazole rings is 1. The second kappa shape index (κ2) is 6.92. The summed E-state index contributed by atoms with van der Waals surface area (Å²) in [7, 11) is 1.66. The van der Waals surface area contributed by atoms with Crippen LogP contribution in [-0.2, 0) is 10.5 Å². The van der Waals surface area contributed by atoms with E-state index in [0.29, 0.717) is 5.75 Å². The van der Waals surface area contributed by atoms with E-state index in [0.717, 1.165) is 38.9 Å². The van der Waals surface area contributed by atoms with Crippen LogP contribution in [0.1, 0.15) is 18.2 Å². The summed E-state index contributed by atoms with van der Waals surface area (Å²) in [4.78, 5) is 23.4. The number of nitrogens with one attached hydrogen (secondary N) is 2. The third kappa shape index (κ3) is 3.51. The molecule has 0 aliphatic rings. The molecule has 1 aromatic carbocycles. The summed E-state index contributed by atoms with van der Waals surface area (Å²) in [5.74, 6) is 1.44. The van der Waals surface area contributed by atoms with Crippen molar-refractivity contribution in [2.45, 2.75) is 24.8 Å². The molecule has 0 unspecified atom stereocenters. The maximum atomic E-state index is 11.1. The first-order chi connectivity index (χ1) is 11.6. The highest BCUT2D eigenvalue weighted by atomic mass is 32.2. The first-order valence-electron chi connectivity index (χ1n) is 7.45. The number of ether oxygens (including phenoxy) is 1. The van der Waals surface area contributed by atoms with Crippen LogP contribution in [0.2, 0.25) is 0 Å². The van der Waals surface area contributed by atoms with Crippen molar-refractivity contribution in [3.05, 3.63) is 41.7 Å². The molecule has 0 bridgehead atoms. The number of hydrogen-bond acceptors (Lipinski definition) is 5. The van der Waals surface area contributed by atoms with E-state index in [1.165, 1.54) is 6.92 Å². The molecule has 0 fully saturated rings. The zero-order valence-corrected chi connectivity index (χ0v) is 14.5. The molecular weight excluding hydrogens is 324 g/mol. The molecule has 2 N–H and O–H groups in total. The normalized spacial score (nSPS) is 10.8. The number of anilines is 1. The summed E-state index contributed by atoms with van der Waals surface area (Å²) < 4.78 is 5.32. The number of carbonyl (C=O) groups is 1. The average Bonchev–Trinajstić information content (AvgIpc) is 2.95. The van der Waals surface area contributed by atoms with Gasteiger partial charge in [-0.25, -0.2) is 4.98 Å². The molecule has 0 saturated carbocycles. The van der Waals surface area contributed by atoms with Crippen LogP contribution in [0, 0.1) is 6.92 Å². The molecule has 1 amide bonds. The summed E-state index contributed by atoms with van der Waals surface area (Å²) in [6, 6.07) is 7.46. The van der Waals surface area contributed by atoms with Crippen molar-refractivity contribution in [3.63, 3.8) is 0 Å². The molecule has 0 spiro atoms. The highest BCUT2D eigenvalue weighted by Gasteiger charge is 2.09. The lowest BCUT2D eigenvalue weighted by molar-refractivity contribution is -0.114. The summed E-state index contributed by atoms with van der Waals surface area (Å²) in [6.07, 6.45) is 1.75. The van der Waals surface area contributed by atoms with Gasteiger partial charge in [-0.3, -0.25) is 9.78 Å². The fourth-order valence-electron chi connectivity index (χ4n) is 2.40. The third-order valence-corrected chi connectivity index (χ3v) is 4.49. The Morgan fingerprint density at radius 3 is 2.96 bits per heavy atom. The van der Waals surface area contributed by atoms with Gasteiger partial charge in [0.25, 0.3) is 0 Å². The van der Waals surface area contributed by atoms with E-state index in [2.05, 4.69) is 20.3 Å². The van der Waals surface area contributed by atoms with E-state index in [4.69, 9.17) is 4.74 Å². The van der Waals surface area contributed by atoms with Crippen LogP contribution in [0.4, 0.5) is 5.69 Å². The lowest BCUT2D eigenvalue weighted by atomic mass is 10.2. The minimum atomic E-state index is -0.0944. The van der Waals surface area contributed by atoms with Gasteiger partial charge >= 0.3 is 0 Å². The first-order valence-corrected chi connectivity index (χ1v) is 8.44. The number of methoxy groups -OCH3 is 1. The lowest BCUT2D eigenvalue weighted by Gasteiger charge is -2.08. The number of aromatic nitrogens is 3. The number of rotatable bonds is 5.